The van der Waals surface area contributed by atoms with Crippen molar-refractivity contribution in [2.24, 2.45) is 4.99 Å². The van der Waals surface area contributed by atoms with E-state index in [2.05, 4.69) is 20.9 Å². The number of guanidine groups is 1. The first-order valence-electron chi connectivity index (χ1n) is 9.74. The van der Waals surface area contributed by atoms with Crippen LogP contribution in [0.5, 0.6) is 11.5 Å². The van der Waals surface area contributed by atoms with Gasteiger partial charge in [0.15, 0.2) is 5.96 Å². The van der Waals surface area contributed by atoms with Gasteiger partial charge >= 0.3 is 0 Å². The van der Waals surface area contributed by atoms with Crippen LogP contribution in [-0.4, -0.2) is 45.7 Å². The second kappa shape index (κ2) is 14.5. The Morgan fingerprint density at radius 3 is 2.40 bits per heavy atom. The van der Waals surface area contributed by atoms with E-state index >= 15 is 0 Å². The summed E-state index contributed by atoms with van der Waals surface area (Å²) in [6.07, 6.45) is 0.914. The van der Waals surface area contributed by atoms with Crippen LogP contribution < -0.4 is 25.4 Å². The smallest absolute Gasteiger partial charge is 0.251 e. The topological polar surface area (TPSA) is 84.0 Å². The highest BCUT2D eigenvalue weighted by Crippen LogP contribution is 2.16. The molecule has 0 heterocycles. The summed E-state index contributed by atoms with van der Waals surface area (Å²) in [5.41, 5.74) is 1.67. The molecule has 0 aliphatic carbocycles. The van der Waals surface area contributed by atoms with E-state index in [1.807, 2.05) is 55.5 Å². The summed E-state index contributed by atoms with van der Waals surface area (Å²) < 4.78 is 10.8. The van der Waals surface area contributed by atoms with Crippen LogP contribution in [0.15, 0.2) is 53.5 Å². The number of carbonyl (C=O) groups is 1. The second-order valence-electron chi connectivity index (χ2n) is 6.33. The molecule has 0 spiro atoms. The van der Waals surface area contributed by atoms with Crippen LogP contribution in [0.2, 0.25) is 0 Å². The number of carbonyl (C=O) groups excluding carboxylic acids is 1. The van der Waals surface area contributed by atoms with Crippen LogP contribution in [0.1, 0.15) is 29.3 Å². The highest BCUT2D eigenvalue weighted by molar-refractivity contribution is 14.0. The van der Waals surface area contributed by atoms with Crippen molar-refractivity contribution in [1.82, 2.24) is 16.0 Å². The SMILES string of the molecule is CCCNC(=O)c1cccc(CNC(=NC)NCCOc2ccc(OC)cc2)c1.I. The van der Waals surface area contributed by atoms with Gasteiger partial charge in [-0.2, -0.15) is 0 Å². The Labute approximate surface area is 195 Å². The van der Waals surface area contributed by atoms with Gasteiger partial charge in [-0.1, -0.05) is 19.1 Å². The van der Waals surface area contributed by atoms with E-state index in [0.29, 0.717) is 37.8 Å². The van der Waals surface area contributed by atoms with E-state index < -0.39 is 0 Å². The molecule has 0 saturated carbocycles. The van der Waals surface area contributed by atoms with Crippen molar-refractivity contribution in [1.29, 1.82) is 0 Å². The van der Waals surface area contributed by atoms with E-state index in [4.69, 9.17) is 9.47 Å². The predicted octanol–water partition coefficient (Wildman–Crippen LogP) is 3.20. The first kappa shape index (κ1) is 25.5. The molecule has 30 heavy (non-hydrogen) atoms. The summed E-state index contributed by atoms with van der Waals surface area (Å²) in [7, 11) is 3.35. The molecule has 0 fully saturated rings. The largest absolute Gasteiger partial charge is 0.497 e. The zero-order valence-electron chi connectivity index (χ0n) is 17.7. The van der Waals surface area contributed by atoms with Crippen LogP contribution in [0.4, 0.5) is 0 Å². The highest BCUT2D eigenvalue weighted by atomic mass is 127. The molecule has 2 rings (SSSR count). The number of methoxy groups -OCH3 is 1. The third-order valence-electron chi connectivity index (χ3n) is 4.13. The van der Waals surface area contributed by atoms with Crippen molar-refractivity contribution in [3.63, 3.8) is 0 Å². The standard InChI is InChI=1S/C22H30N4O3.HI/c1-4-12-24-21(27)18-7-5-6-17(15-18)16-26-22(23-2)25-13-14-29-20-10-8-19(28-3)9-11-20;/h5-11,15H,4,12-14,16H2,1-3H3,(H,24,27)(H2,23,25,26);1H. The van der Waals surface area contributed by atoms with Gasteiger partial charge in [0.1, 0.15) is 18.1 Å². The van der Waals surface area contributed by atoms with E-state index in [0.717, 1.165) is 23.5 Å². The molecule has 0 unspecified atom stereocenters. The Morgan fingerprint density at radius 2 is 1.73 bits per heavy atom. The molecule has 0 bridgehead atoms. The quantitative estimate of drug-likeness (QED) is 0.192. The molecule has 8 heteroatoms. The highest BCUT2D eigenvalue weighted by Gasteiger charge is 2.06. The minimum Gasteiger partial charge on any atom is -0.497 e. The summed E-state index contributed by atoms with van der Waals surface area (Å²) in [5, 5.41) is 9.34. The van der Waals surface area contributed by atoms with Crippen molar-refractivity contribution in [3.8, 4) is 11.5 Å². The number of halogens is 1. The third-order valence-corrected chi connectivity index (χ3v) is 4.13. The summed E-state index contributed by atoms with van der Waals surface area (Å²) >= 11 is 0. The number of ether oxygens (including phenoxy) is 2. The molecule has 1 amide bonds. The Hall–Kier alpha value is -2.49. The molecule has 7 nitrogen and oxygen atoms in total. The van der Waals surface area contributed by atoms with E-state index in [1.54, 1.807) is 14.2 Å². The molecule has 2 aromatic rings. The molecule has 0 radical (unpaired) electrons. The average molecular weight is 526 g/mol. The maximum Gasteiger partial charge on any atom is 0.251 e. The minimum absolute atomic E-state index is 0. The number of nitrogens with zero attached hydrogens (tertiary/aromatic N) is 1. The Morgan fingerprint density at radius 1 is 1.00 bits per heavy atom. The van der Waals surface area contributed by atoms with Gasteiger partial charge in [0.25, 0.3) is 5.91 Å². The van der Waals surface area contributed by atoms with Gasteiger partial charge in [-0.3, -0.25) is 9.79 Å². The number of aliphatic imine (C=N–C) groups is 1. The lowest BCUT2D eigenvalue weighted by molar-refractivity contribution is 0.0953. The van der Waals surface area contributed by atoms with Crippen LogP contribution in [-0.2, 0) is 6.54 Å². The monoisotopic (exact) mass is 526 g/mol. The molecule has 0 saturated heterocycles. The fourth-order valence-electron chi connectivity index (χ4n) is 2.58. The zero-order chi connectivity index (χ0) is 20.9. The Kier molecular flexibility index (Phi) is 12.3. The maximum absolute atomic E-state index is 12.1. The molecule has 0 atom stereocenters. The van der Waals surface area contributed by atoms with Gasteiger partial charge in [-0.25, -0.2) is 0 Å². The summed E-state index contributed by atoms with van der Waals surface area (Å²) in [6.45, 7) is 4.37. The molecular weight excluding hydrogens is 495 g/mol. The third kappa shape index (κ3) is 8.89. The summed E-state index contributed by atoms with van der Waals surface area (Å²) in [4.78, 5) is 16.3. The number of nitrogens with one attached hydrogen (secondary N) is 3. The number of hydrogen-bond donors (Lipinski definition) is 3. The van der Waals surface area contributed by atoms with Gasteiger partial charge in [0.05, 0.1) is 13.7 Å². The molecule has 0 aliphatic rings. The van der Waals surface area contributed by atoms with E-state index in [-0.39, 0.29) is 29.9 Å². The lowest BCUT2D eigenvalue weighted by Gasteiger charge is -2.13. The Balaban J connectivity index is 0.00000450. The molecule has 3 N–H and O–H groups in total. The molecule has 0 aliphatic heterocycles. The van der Waals surface area contributed by atoms with Crippen LogP contribution in [0.3, 0.4) is 0 Å². The van der Waals surface area contributed by atoms with Gasteiger partial charge in [-0.05, 0) is 48.4 Å². The molecule has 164 valence electrons. The van der Waals surface area contributed by atoms with Crippen molar-refractivity contribution >= 4 is 35.8 Å². The number of rotatable bonds is 10. The number of benzene rings is 2. The number of amides is 1. The van der Waals surface area contributed by atoms with Gasteiger partial charge in [0, 0.05) is 25.7 Å². The van der Waals surface area contributed by atoms with Gasteiger partial charge in [0.2, 0.25) is 0 Å². The Bertz CT molecular complexity index is 797. The maximum atomic E-state index is 12.1. The van der Waals surface area contributed by atoms with E-state index in [1.165, 1.54) is 0 Å². The van der Waals surface area contributed by atoms with Gasteiger partial charge in [-0.15, -0.1) is 24.0 Å². The van der Waals surface area contributed by atoms with Crippen molar-refractivity contribution < 1.29 is 14.3 Å². The van der Waals surface area contributed by atoms with Crippen molar-refractivity contribution in [2.45, 2.75) is 19.9 Å². The average Bonchev–Trinajstić information content (AvgIpc) is 2.77. The van der Waals surface area contributed by atoms with Crippen molar-refractivity contribution in [2.75, 3.05) is 33.9 Å². The molecular formula is C22H31IN4O3. The summed E-state index contributed by atoms with van der Waals surface area (Å²) in [5.74, 6) is 2.21. The molecule has 2 aromatic carbocycles. The zero-order valence-corrected chi connectivity index (χ0v) is 20.1. The van der Waals surface area contributed by atoms with Crippen LogP contribution in [0.25, 0.3) is 0 Å². The predicted molar refractivity (Wildman–Crippen MR) is 131 cm³/mol. The fourth-order valence-corrected chi connectivity index (χ4v) is 2.58. The first-order valence-corrected chi connectivity index (χ1v) is 9.74. The lowest BCUT2D eigenvalue weighted by atomic mass is 10.1. The first-order chi connectivity index (χ1) is 14.2. The van der Waals surface area contributed by atoms with Gasteiger partial charge < -0.3 is 25.4 Å². The fraction of sp³-hybridized carbons (Fsp3) is 0.364. The molecule has 0 aromatic heterocycles. The lowest BCUT2D eigenvalue weighted by Crippen LogP contribution is -2.38. The second-order valence-corrected chi connectivity index (χ2v) is 6.33. The van der Waals surface area contributed by atoms with E-state index in [9.17, 15) is 4.79 Å². The van der Waals surface area contributed by atoms with Crippen LogP contribution >= 0.6 is 24.0 Å². The van der Waals surface area contributed by atoms with Crippen LogP contribution in [0, 0.1) is 0 Å². The van der Waals surface area contributed by atoms with Crippen molar-refractivity contribution in [3.05, 3.63) is 59.7 Å². The number of hydrogen-bond acceptors (Lipinski definition) is 4. The normalized spacial score (nSPS) is 10.6. The summed E-state index contributed by atoms with van der Waals surface area (Å²) in [6, 6.07) is 15.0. The minimum atomic E-state index is -0.0492.